The maximum absolute atomic E-state index is 12.8. The van der Waals surface area contributed by atoms with Crippen LogP contribution in [0.2, 0.25) is 5.02 Å². The fourth-order valence-electron chi connectivity index (χ4n) is 3.97. The van der Waals surface area contributed by atoms with E-state index in [0.717, 1.165) is 31.6 Å². The number of pyridine rings is 1. The number of hydrogen-bond donors (Lipinski definition) is 2. The smallest absolute Gasteiger partial charge is 0.428 e. The Labute approximate surface area is 203 Å². The molecule has 34 heavy (non-hydrogen) atoms. The van der Waals surface area contributed by atoms with Crippen LogP contribution in [0, 0.1) is 0 Å². The Kier molecular flexibility index (Phi) is 7.49. The summed E-state index contributed by atoms with van der Waals surface area (Å²) < 4.78 is 5.05. The number of anilines is 3. The predicted molar refractivity (Wildman–Crippen MR) is 133 cm³/mol. The molecule has 0 spiro atoms. The molecule has 2 aromatic carbocycles. The fourth-order valence-corrected chi connectivity index (χ4v) is 4.16. The first-order chi connectivity index (χ1) is 16.5. The van der Waals surface area contributed by atoms with Gasteiger partial charge in [-0.1, -0.05) is 29.8 Å². The lowest BCUT2D eigenvalue weighted by Gasteiger charge is -2.39. The highest BCUT2D eigenvalue weighted by molar-refractivity contribution is 6.31. The van der Waals surface area contributed by atoms with Crippen molar-refractivity contribution >= 4 is 40.7 Å². The van der Waals surface area contributed by atoms with Gasteiger partial charge in [-0.05, 0) is 55.3 Å². The van der Waals surface area contributed by atoms with Crippen molar-refractivity contribution in [3.63, 3.8) is 0 Å². The molecule has 4 rings (SSSR count). The van der Waals surface area contributed by atoms with Crippen molar-refractivity contribution in [1.82, 2.24) is 9.99 Å². The first kappa shape index (κ1) is 23.4. The summed E-state index contributed by atoms with van der Waals surface area (Å²) in [5, 5.41) is 4.88. The van der Waals surface area contributed by atoms with Crippen LogP contribution < -0.4 is 15.6 Å². The van der Waals surface area contributed by atoms with E-state index in [0.29, 0.717) is 22.0 Å². The number of ether oxygens (including phenoxy) is 1. The second-order valence-corrected chi connectivity index (χ2v) is 8.32. The standard InChI is InChI=1S/C25H26ClN5O3/c1-34-25(33)31(21-11-15-30(16-12-21)20-9-13-27-14-10-20)29-23-8-3-2-7-22(23)28-24(32)18-5-4-6-19(26)17-18/h2-10,13-14,17,21,29H,11-12,15-16H2,1H3,(H,28,32). The minimum atomic E-state index is -0.488. The van der Waals surface area contributed by atoms with Crippen molar-refractivity contribution < 1.29 is 14.3 Å². The second kappa shape index (κ2) is 10.9. The number of benzene rings is 2. The van der Waals surface area contributed by atoms with Gasteiger partial charge in [0.25, 0.3) is 5.91 Å². The van der Waals surface area contributed by atoms with Crippen LogP contribution in [0.25, 0.3) is 0 Å². The number of hydrazine groups is 1. The number of carbonyl (C=O) groups is 2. The van der Waals surface area contributed by atoms with Gasteiger partial charge in [-0.25, -0.2) is 9.80 Å². The first-order valence-electron chi connectivity index (χ1n) is 11.0. The van der Waals surface area contributed by atoms with E-state index in [1.807, 2.05) is 24.3 Å². The Morgan fingerprint density at radius 3 is 2.41 bits per heavy atom. The third-order valence-corrected chi connectivity index (χ3v) is 5.97. The van der Waals surface area contributed by atoms with E-state index in [2.05, 4.69) is 20.6 Å². The molecule has 2 amide bonds. The van der Waals surface area contributed by atoms with Gasteiger partial charge in [-0.2, -0.15) is 0 Å². The molecule has 2 N–H and O–H groups in total. The number of aromatic nitrogens is 1. The van der Waals surface area contributed by atoms with Crippen LogP contribution >= 0.6 is 11.6 Å². The zero-order valence-corrected chi connectivity index (χ0v) is 19.5. The van der Waals surface area contributed by atoms with E-state index >= 15 is 0 Å². The van der Waals surface area contributed by atoms with Crippen LogP contribution in [0.1, 0.15) is 23.2 Å². The lowest BCUT2D eigenvalue weighted by Crippen LogP contribution is -2.50. The summed E-state index contributed by atoms with van der Waals surface area (Å²) in [7, 11) is 1.36. The van der Waals surface area contributed by atoms with E-state index in [-0.39, 0.29) is 11.9 Å². The van der Waals surface area contributed by atoms with Crippen LogP contribution in [0.4, 0.5) is 21.9 Å². The minimum absolute atomic E-state index is 0.0813. The molecule has 9 heteroatoms. The van der Waals surface area contributed by atoms with Gasteiger partial charge in [0, 0.05) is 41.8 Å². The number of methoxy groups -OCH3 is 1. The average molecular weight is 480 g/mol. The molecule has 0 saturated carbocycles. The number of amides is 2. The van der Waals surface area contributed by atoms with Crippen molar-refractivity contribution in [2.75, 3.05) is 35.8 Å². The summed E-state index contributed by atoms with van der Waals surface area (Å²) >= 11 is 6.02. The Morgan fingerprint density at radius 1 is 1.03 bits per heavy atom. The largest absolute Gasteiger partial charge is 0.452 e. The van der Waals surface area contributed by atoms with E-state index in [1.54, 1.807) is 48.8 Å². The SMILES string of the molecule is COC(=O)N(Nc1ccccc1NC(=O)c1cccc(Cl)c1)C1CCN(c2ccncc2)CC1. The maximum Gasteiger partial charge on any atom is 0.428 e. The molecule has 0 atom stereocenters. The predicted octanol–water partition coefficient (Wildman–Crippen LogP) is 5.05. The van der Waals surface area contributed by atoms with Gasteiger partial charge in [-0.15, -0.1) is 0 Å². The molecular formula is C25H26ClN5O3. The van der Waals surface area contributed by atoms with Gasteiger partial charge in [0.15, 0.2) is 0 Å². The number of carbonyl (C=O) groups excluding carboxylic acids is 2. The molecule has 8 nitrogen and oxygen atoms in total. The van der Waals surface area contributed by atoms with Gasteiger partial charge < -0.3 is 15.0 Å². The van der Waals surface area contributed by atoms with Crippen molar-refractivity contribution in [2.45, 2.75) is 18.9 Å². The van der Waals surface area contributed by atoms with Gasteiger partial charge in [0.05, 0.1) is 24.5 Å². The van der Waals surface area contributed by atoms with E-state index in [9.17, 15) is 9.59 Å². The number of rotatable bonds is 6. The molecule has 3 aromatic rings. The van der Waals surface area contributed by atoms with Crippen LogP contribution in [-0.4, -0.2) is 48.2 Å². The second-order valence-electron chi connectivity index (χ2n) is 7.89. The Bertz CT molecular complexity index is 1140. The van der Waals surface area contributed by atoms with Crippen molar-refractivity contribution in [1.29, 1.82) is 0 Å². The third kappa shape index (κ3) is 5.58. The van der Waals surface area contributed by atoms with Crippen LogP contribution in [0.3, 0.4) is 0 Å². The average Bonchev–Trinajstić information content (AvgIpc) is 2.88. The summed E-state index contributed by atoms with van der Waals surface area (Å²) in [6.45, 7) is 1.58. The van der Waals surface area contributed by atoms with Gasteiger partial charge in [0.1, 0.15) is 0 Å². The third-order valence-electron chi connectivity index (χ3n) is 5.73. The lowest BCUT2D eigenvalue weighted by atomic mass is 10.0. The summed E-state index contributed by atoms with van der Waals surface area (Å²) in [5.74, 6) is -0.299. The molecule has 1 fully saturated rings. The maximum atomic E-state index is 12.8. The molecule has 1 aliphatic rings. The highest BCUT2D eigenvalue weighted by Crippen LogP contribution is 2.27. The number of halogens is 1. The zero-order chi connectivity index (χ0) is 23.9. The van der Waals surface area contributed by atoms with Crippen LogP contribution in [0.15, 0.2) is 73.1 Å². The van der Waals surface area contributed by atoms with Crippen LogP contribution in [-0.2, 0) is 4.74 Å². The number of piperidine rings is 1. The Morgan fingerprint density at radius 2 is 1.74 bits per heavy atom. The molecule has 0 aliphatic carbocycles. The molecule has 0 radical (unpaired) electrons. The zero-order valence-electron chi connectivity index (χ0n) is 18.8. The number of para-hydroxylation sites is 2. The Hall–Kier alpha value is -3.78. The number of nitrogens with zero attached hydrogens (tertiary/aromatic N) is 3. The summed E-state index contributed by atoms with van der Waals surface area (Å²) in [6, 6.07) is 17.8. The molecule has 0 bridgehead atoms. The normalized spacial score (nSPS) is 13.8. The van der Waals surface area contributed by atoms with Crippen molar-refractivity contribution in [3.8, 4) is 0 Å². The van der Waals surface area contributed by atoms with Gasteiger partial charge in [-0.3, -0.25) is 15.2 Å². The molecule has 2 heterocycles. The topological polar surface area (TPSA) is 86.8 Å². The lowest BCUT2D eigenvalue weighted by molar-refractivity contribution is 0.102. The first-order valence-corrected chi connectivity index (χ1v) is 11.4. The molecule has 1 saturated heterocycles. The van der Waals surface area contributed by atoms with Gasteiger partial charge in [0.2, 0.25) is 0 Å². The number of hydrogen-bond acceptors (Lipinski definition) is 6. The summed E-state index contributed by atoms with van der Waals surface area (Å²) in [5.41, 5.74) is 5.85. The molecular weight excluding hydrogens is 454 g/mol. The number of nitrogens with one attached hydrogen (secondary N) is 2. The van der Waals surface area contributed by atoms with E-state index in [1.165, 1.54) is 12.1 Å². The Balaban J connectivity index is 1.48. The molecule has 1 aliphatic heterocycles. The molecule has 1 aromatic heterocycles. The molecule has 176 valence electrons. The van der Waals surface area contributed by atoms with Gasteiger partial charge >= 0.3 is 6.09 Å². The summed E-state index contributed by atoms with van der Waals surface area (Å²) in [4.78, 5) is 31.8. The minimum Gasteiger partial charge on any atom is -0.452 e. The monoisotopic (exact) mass is 479 g/mol. The fraction of sp³-hybridized carbons (Fsp3) is 0.240. The molecule has 0 unspecified atom stereocenters. The summed E-state index contributed by atoms with van der Waals surface area (Å²) in [6.07, 6.45) is 4.57. The highest BCUT2D eigenvalue weighted by Gasteiger charge is 2.29. The van der Waals surface area contributed by atoms with Crippen molar-refractivity contribution in [2.24, 2.45) is 0 Å². The van der Waals surface area contributed by atoms with E-state index < -0.39 is 6.09 Å². The van der Waals surface area contributed by atoms with Crippen LogP contribution in [0.5, 0.6) is 0 Å². The quantitative estimate of drug-likeness (QED) is 0.481. The van der Waals surface area contributed by atoms with E-state index in [4.69, 9.17) is 16.3 Å². The van der Waals surface area contributed by atoms with Crippen molar-refractivity contribution in [3.05, 3.63) is 83.6 Å². The highest BCUT2D eigenvalue weighted by atomic mass is 35.5.